The van der Waals surface area contributed by atoms with Gasteiger partial charge < -0.3 is 20.3 Å². The summed E-state index contributed by atoms with van der Waals surface area (Å²) in [5, 5.41) is 5.57. The monoisotopic (exact) mass is 399 g/mol. The number of anilines is 2. The molecule has 0 atom stereocenters. The third kappa shape index (κ3) is 5.70. The largest absolute Gasteiger partial charge is 0.494 e. The molecule has 0 aromatic heterocycles. The number of rotatable bonds is 5. The Morgan fingerprint density at radius 3 is 2.55 bits per heavy atom. The van der Waals surface area contributed by atoms with Crippen molar-refractivity contribution < 1.29 is 18.7 Å². The van der Waals surface area contributed by atoms with Crippen LogP contribution in [-0.2, 0) is 11.2 Å². The SMILES string of the molecule is COc1cc(NC(=O)N2CCC(Cc3cccc(F)c3)CC2)ccc1NC(C)=O. The van der Waals surface area contributed by atoms with Gasteiger partial charge in [-0.2, -0.15) is 0 Å². The van der Waals surface area contributed by atoms with E-state index in [0.29, 0.717) is 36.1 Å². The zero-order valence-electron chi connectivity index (χ0n) is 16.7. The summed E-state index contributed by atoms with van der Waals surface area (Å²) < 4.78 is 18.6. The Morgan fingerprint density at radius 2 is 1.90 bits per heavy atom. The zero-order chi connectivity index (χ0) is 20.8. The van der Waals surface area contributed by atoms with Crippen molar-refractivity contribution in [2.75, 3.05) is 30.8 Å². The lowest BCUT2D eigenvalue weighted by Gasteiger charge is -2.32. The number of likely N-dealkylation sites (tertiary alicyclic amines) is 1. The zero-order valence-corrected chi connectivity index (χ0v) is 16.7. The summed E-state index contributed by atoms with van der Waals surface area (Å²) in [4.78, 5) is 25.6. The Hall–Kier alpha value is -3.09. The molecule has 7 heteroatoms. The van der Waals surface area contributed by atoms with Crippen LogP contribution in [-0.4, -0.2) is 37.0 Å². The maximum atomic E-state index is 13.3. The van der Waals surface area contributed by atoms with E-state index in [9.17, 15) is 14.0 Å². The fourth-order valence-corrected chi connectivity index (χ4v) is 3.60. The summed E-state index contributed by atoms with van der Waals surface area (Å²) in [6.07, 6.45) is 2.60. The molecule has 0 bridgehead atoms. The van der Waals surface area contributed by atoms with E-state index in [1.54, 1.807) is 35.2 Å². The van der Waals surface area contributed by atoms with Crippen molar-refractivity contribution in [1.82, 2.24) is 4.90 Å². The topological polar surface area (TPSA) is 70.7 Å². The summed E-state index contributed by atoms with van der Waals surface area (Å²) in [6.45, 7) is 2.74. The molecule has 29 heavy (non-hydrogen) atoms. The number of piperidine rings is 1. The first-order valence-corrected chi connectivity index (χ1v) is 9.70. The van der Waals surface area contributed by atoms with E-state index in [-0.39, 0.29) is 17.8 Å². The van der Waals surface area contributed by atoms with Crippen molar-refractivity contribution in [3.63, 3.8) is 0 Å². The highest BCUT2D eigenvalue weighted by Crippen LogP contribution is 2.28. The standard InChI is InChI=1S/C22H26FN3O3/c1-15(27)24-20-7-6-19(14-21(20)29-2)25-22(28)26-10-8-16(9-11-26)12-17-4-3-5-18(23)13-17/h3-7,13-14,16H,8-12H2,1-2H3,(H,24,27)(H,25,28). The van der Waals surface area contributed by atoms with Crippen LogP contribution in [0.5, 0.6) is 5.75 Å². The van der Waals surface area contributed by atoms with Gasteiger partial charge in [-0.05, 0) is 55.0 Å². The van der Waals surface area contributed by atoms with Crippen LogP contribution in [0.1, 0.15) is 25.3 Å². The smallest absolute Gasteiger partial charge is 0.321 e. The molecular formula is C22H26FN3O3. The van der Waals surface area contributed by atoms with Gasteiger partial charge in [-0.25, -0.2) is 9.18 Å². The van der Waals surface area contributed by atoms with Crippen molar-refractivity contribution in [3.8, 4) is 5.75 Å². The van der Waals surface area contributed by atoms with Gasteiger partial charge in [0.1, 0.15) is 11.6 Å². The number of benzene rings is 2. The van der Waals surface area contributed by atoms with Crippen LogP contribution >= 0.6 is 0 Å². The lowest BCUT2D eigenvalue weighted by atomic mass is 9.90. The number of halogens is 1. The Morgan fingerprint density at radius 1 is 1.14 bits per heavy atom. The van der Waals surface area contributed by atoms with Crippen LogP contribution in [0.2, 0.25) is 0 Å². The summed E-state index contributed by atoms with van der Waals surface area (Å²) in [5.41, 5.74) is 2.15. The second kappa shape index (κ2) is 9.41. The molecule has 6 nitrogen and oxygen atoms in total. The van der Waals surface area contributed by atoms with Crippen LogP contribution < -0.4 is 15.4 Å². The number of nitrogens with zero attached hydrogens (tertiary/aromatic N) is 1. The lowest BCUT2D eigenvalue weighted by Crippen LogP contribution is -2.41. The molecule has 3 rings (SSSR count). The van der Waals surface area contributed by atoms with Gasteiger partial charge in [-0.3, -0.25) is 4.79 Å². The maximum absolute atomic E-state index is 13.3. The van der Waals surface area contributed by atoms with Crippen molar-refractivity contribution in [1.29, 1.82) is 0 Å². The Bertz CT molecular complexity index is 879. The summed E-state index contributed by atoms with van der Waals surface area (Å²) in [6, 6.07) is 11.6. The third-order valence-corrected chi connectivity index (χ3v) is 5.08. The average Bonchev–Trinajstić information content (AvgIpc) is 2.69. The number of amides is 3. The quantitative estimate of drug-likeness (QED) is 0.788. The minimum Gasteiger partial charge on any atom is -0.494 e. The normalized spacial score (nSPS) is 14.4. The van der Waals surface area contributed by atoms with Gasteiger partial charge in [-0.15, -0.1) is 0 Å². The molecule has 0 aliphatic carbocycles. The van der Waals surface area contributed by atoms with Crippen LogP contribution in [0.25, 0.3) is 0 Å². The number of carbonyl (C=O) groups is 2. The van der Waals surface area contributed by atoms with Gasteiger partial charge in [0.25, 0.3) is 0 Å². The second-order valence-corrected chi connectivity index (χ2v) is 7.29. The predicted octanol–water partition coefficient (Wildman–Crippen LogP) is 4.28. The van der Waals surface area contributed by atoms with E-state index in [1.165, 1.54) is 20.1 Å². The van der Waals surface area contributed by atoms with Crippen LogP contribution in [0.15, 0.2) is 42.5 Å². The van der Waals surface area contributed by atoms with Gasteiger partial charge in [0.15, 0.2) is 0 Å². The minimum atomic E-state index is -0.209. The van der Waals surface area contributed by atoms with E-state index >= 15 is 0 Å². The number of hydrogen-bond donors (Lipinski definition) is 2. The molecule has 2 N–H and O–H groups in total. The van der Waals surface area contributed by atoms with Crippen LogP contribution in [0.4, 0.5) is 20.6 Å². The van der Waals surface area contributed by atoms with Crippen molar-refractivity contribution in [3.05, 3.63) is 53.8 Å². The molecule has 2 aromatic carbocycles. The van der Waals surface area contributed by atoms with Crippen LogP contribution in [0, 0.1) is 11.7 Å². The molecule has 1 aliphatic rings. The number of methoxy groups -OCH3 is 1. The Balaban J connectivity index is 1.53. The van der Waals surface area contributed by atoms with E-state index < -0.39 is 0 Å². The third-order valence-electron chi connectivity index (χ3n) is 5.08. The molecule has 1 saturated heterocycles. The molecule has 1 fully saturated rings. The fraction of sp³-hybridized carbons (Fsp3) is 0.364. The van der Waals surface area contributed by atoms with E-state index in [4.69, 9.17) is 4.74 Å². The number of hydrogen-bond acceptors (Lipinski definition) is 3. The number of ether oxygens (including phenoxy) is 1. The highest BCUT2D eigenvalue weighted by Gasteiger charge is 2.23. The van der Waals surface area contributed by atoms with Crippen molar-refractivity contribution >= 4 is 23.3 Å². The molecule has 1 aliphatic heterocycles. The molecule has 0 unspecified atom stereocenters. The van der Waals surface area contributed by atoms with Gasteiger partial charge in [0, 0.05) is 31.8 Å². The fourth-order valence-electron chi connectivity index (χ4n) is 3.60. The second-order valence-electron chi connectivity index (χ2n) is 7.29. The Labute approximate surface area is 170 Å². The number of carbonyl (C=O) groups excluding carboxylic acids is 2. The molecule has 0 spiro atoms. The average molecular weight is 399 g/mol. The van der Waals surface area contributed by atoms with Crippen molar-refractivity contribution in [2.45, 2.75) is 26.2 Å². The summed E-state index contributed by atoms with van der Waals surface area (Å²) >= 11 is 0. The first kappa shape index (κ1) is 20.6. The van der Waals surface area contributed by atoms with E-state index in [2.05, 4.69) is 10.6 Å². The van der Waals surface area contributed by atoms with E-state index in [1.807, 2.05) is 6.07 Å². The van der Waals surface area contributed by atoms with Gasteiger partial charge in [0.05, 0.1) is 12.8 Å². The Kier molecular flexibility index (Phi) is 6.69. The first-order chi connectivity index (χ1) is 13.9. The summed E-state index contributed by atoms with van der Waals surface area (Å²) in [7, 11) is 1.51. The first-order valence-electron chi connectivity index (χ1n) is 9.70. The van der Waals surface area contributed by atoms with Crippen molar-refractivity contribution in [2.24, 2.45) is 5.92 Å². The molecular weight excluding hydrogens is 373 g/mol. The highest BCUT2D eigenvalue weighted by atomic mass is 19.1. The van der Waals surface area contributed by atoms with Crippen LogP contribution in [0.3, 0.4) is 0 Å². The molecule has 154 valence electrons. The maximum Gasteiger partial charge on any atom is 0.321 e. The highest BCUT2D eigenvalue weighted by molar-refractivity contribution is 5.93. The lowest BCUT2D eigenvalue weighted by molar-refractivity contribution is -0.114. The van der Waals surface area contributed by atoms with Gasteiger partial charge in [0.2, 0.25) is 5.91 Å². The molecule has 2 aromatic rings. The minimum absolute atomic E-state index is 0.163. The van der Waals surface area contributed by atoms with E-state index in [0.717, 1.165) is 24.8 Å². The number of nitrogens with one attached hydrogen (secondary N) is 2. The number of urea groups is 1. The van der Waals surface area contributed by atoms with Gasteiger partial charge >= 0.3 is 6.03 Å². The molecule has 0 radical (unpaired) electrons. The molecule has 0 saturated carbocycles. The predicted molar refractivity (Wildman–Crippen MR) is 111 cm³/mol. The summed E-state index contributed by atoms with van der Waals surface area (Å²) in [5.74, 6) is 0.519. The molecule has 1 heterocycles. The van der Waals surface area contributed by atoms with Gasteiger partial charge in [-0.1, -0.05) is 12.1 Å². The molecule has 3 amide bonds.